The summed E-state index contributed by atoms with van der Waals surface area (Å²) in [5.41, 5.74) is 1.06. The van der Waals surface area contributed by atoms with Crippen LogP contribution in [-0.2, 0) is 0 Å². The van der Waals surface area contributed by atoms with E-state index in [1.54, 1.807) is 0 Å². The molecule has 1 aliphatic rings. The molecule has 0 atom stereocenters. The lowest BCUT2D eigenvalue weighted by atomic mass is 10.3. The molecule has 2 rings (SSSR count). The summed E-state index contributed by atoms with van der Waals surface area (Å²) in [5, 5.41) is 4.16. The molecule has 0 saturated heterocycles. The predicted octanol–water partition coefficient (Wildman–Crippen LogP) is 3.16. The van der Waals surface area contributed by atoms with Gasteiger partial charge in [0.05, 0.1) is 10.7 Å². The van der Waals surface area contributed by atoms with E-state index in [9.17, 15) is 0 Å². The maximum atomic E-state index is 5.97. The Kier molecular flexibility index (Phi) is 2.22. The summed E-state index contributed by atoms with van der Waals surface area (Å²) >= 11 is 5.97. The van der Waals surface area contributed by atoms with E-state index in [0.717, 1.165) is 23.2 Å². The van der Waals surface area contributed by atoms with E-state index in [-0.39, 0.29) is 0 Å². The van der Waals surface area contributed by atoms with Gasteiger partial charge < -0.3 is 5.32 Å². The van der Waals surface area contributed by atoms with Crippen molar-refractivity contribution in [2.24, 2.45) is 5.92 Å². The first-order valence-electron chi connectivity index (χ1n) is 4.34. The smallest absolute Gasteiger partial charge is 0.0637 e. The number of nitrogens with one attached hydrogen (secondary N) is 1. The van der Waals surface area contributed by atoms with Crippen molar-refractivity contribution in [1.82, 2.24) is 0 Å². The van der Waals surface area contributed by atoms with Gasteiger partial charge in [-0.1, -0.05) is 23.7 Å². The molecule has 1 aliphatic carbocycles. The Morgan fingerprint density at radius 2 is 2.08 bits per heavy atom. The maximum Gasteiger partial charge on any atom is 0.0637 e. The second kappa shape index (κ2) is 3.36. The monoisotopic (exact) mass is 181 g/mol. The molecule has 1 N–H and O–H groups in total. The zero-order chi connectivity index (χ0) is 8.39. The number of rotatable bonds is 3. The van der Waals surface area contributed by atoms with Gasteiger partial charge in [0.15, 0.2) is 0 Å². The number of para-hydroxylation sites is 1. The highest BCUT2D eigenvalue weighted by Crippen LogP contribution is 2.30. The van der Waals surface area contributed by atoms with Gasteiger partial charge in [-0.2, -0.15) is 0 Å². The van der Waals surface area contributed by atoms with Crippen molar-refractivity contribution >= 4 is 17.3 Å². The van der Waals surface area contributed by atoms with Crippen LogP contribution in [0.15, 0.2) is 24.3 Å². The van der Waals surface area contributed by atoms with Gasteiger partial charge in [-0.3, -0.25) is 0 Å². The fourth-order valence-electron chi connectivity index (χ4n) is 1.18. The molecule has 1 saturated carbocycles. The van der Waals surface area contributed by atoms with Crippen LogP contribution in [0.1, 0.15) is 12.8 Å². The Morgan fingerprint density at radius 1 is 1.33 bits per heavy atom. The van der Waals surface area contributed by atoms with Crippen LogP contribution in [0.3, 0.4) is 0 Å². The minimum atomic E-state index is 0.818. The van der Waals surface area contributed by atoms with Crippen LogP contribution in [0, 0.1) is 5.92 Å². The van der Waals surface area contributed by atoms with Gasteiger partial charge in [-0.25, -0.2) is 0 Å². The Balaban J connectivity index is 1.96. The molecule has 0 aliphatic heterocycles. The highest BCUT2D eigenvalue weighted by atomic mass is 35.5. The van der Waals surface area contributed by atoms with E-state index in [1.165, 1.54) is 12.8 Å². The molecule has 1 nitrogen and oxygen atoms in total. The van der Waals surface area contributed by atoms with E-state index >= 15 is 0 Å². The minimum Gasteiger partial charge on any atom is -0.384 e. The molecule has 0 heterocycles. The van der Waals surface area contributed by atoms with Gasteiger partial charge in [0.2, 0.25) is 0 Å². The maximum absolute atomic E-state index is 5.97. The zero-order valence-corrected chi connectivity index (χ0v) is 7.64. The molecule has 1 aromatic rings. The van der Waals surface area contributed by atoms with Crippen LogP contribution in [0.5, 0.6) is 0 Å². The average molecular weight is 182 g/mol. The van der Waals surface area contributed by atoms with Gasteiger partial charge in [-0.05, 0) is 30.9 Å². The average Bonchev–Trinajstić information content (AvgIpc) is 2.86. The van der Waals surface area contributed by atoms with Gasteiger partial charge in [0.1, 0.15) is 0 Å². The second-order valence-corrected chi connectivity index (χ2v) is 3.71. The van der Waals surface area contributed by atoms with Crippen LogP contribution in [0.25, 0.3) is 0 Å². The van der Waals surface area contributed by atoms with E-state index in [1.807, 2.05) is 24.3 Å². The third kappa shape index (κ3) is 1.92. The van der Waals surface area contributed by atoms with Crippen molar-refractivity contribution in [3.05, 3.63) is 29.3 Å². The third-order valence-electron chi connectivity index (χ3n) is 2.15. The van der Waals surface area contributed by atoms with Crippen molar-refractivity contribution in [3.8, 4) is 0 Å². The molecule has 64 valence electrons. The lowest BCUT2D eigenvalue weighted by Gasteiger charge is -2.06. The van der Waals surface area contributed by atoms with E-state index < -0.39 is 0 Å². The summed E-state index contributed by atoms with van der Waals surface area (Å²) in [5.74, 6) is 0.890. The summed E-state index contributed by atoms with van der Waals surface area (Å²) < 4.78 is 0. The third-order valence-corrected chi connectivity index (χ3v) is 2.48. The standard InChI is InChI=1S/C10H12ClN/c11-9-3-1-2-4-10(9)12-7-8-5-6-8/h1-4,8,12H,5-7H2. The van der Waals surface area contributed by atoms with Crippen LogP contribution in [0.4, 0.5) is 5.69 Å². The Morgan fingerprint density at radius 3 is 2.75 bits per heavy atom. The molecule has 12 heavy (non-hydrogen) atoms. The number of hydrogen-bond donors (Lipinski definition) is 1. The number of hydrogen-bond acceptors (Lipinski definition) is 1. The van der Waals surface area contributed by atoms with Gasteiger partial charge in [0.25, 0.3) is 0 Å². The lowest BCUT2D eigenvalue weighted by molar-refractivity contribution is 0.889. The number of anilines is 1. The molecule has 1 aromatic carbocycles. The van der Waals surface area contributed by atoms with Crippen LogP contribution >= 0.6 is 11.6 Å². The normalized spacial score (nSPS) is 16.1. The van der Waals surface area contributed by atoms with Gasteiger partial charge >= 0.3 is 0 Å². The first-order chi connectivity index (χ1) is 5.86. The molecule has 0 spiro atoms. The predicted molar refractivity (Wildman–Crippen MR) is 52.7 cm³/mol. The van der Waals surface area contributed by atoms with E-state index in [2.05, 4.69) is 5.32 Å². The van der Waals surface area contributed by atoms with Gasteiger partial charge in [0, 0.05) is 6.54 Å². The van der Waals surface area contributed by atoms with Crippen molar-refractivity contribution < 1.29 is 0 Å². The first-order valence-corrected chi connectivity index (χ1v) is 4.72. The molecule has 0 unspecified atom stereocenters. The van der Waals surface area contributed by atoms with E-state index in [4.69, 9.17) is 11.6 Å². The van der Waals surface area contributed by atoms with Gasteiger partial charge in [-0.15, -0.1) is 0 Å². The second-order valence-electron chi connectivity index (χ2n) is 3.30. The summed E-state index contributed by atoms with van der Waals surface area (Å²) in [7, 11) is 0. The molecular weight excluding hydrogens is 170 g/mol. The van der Waals surface area contributed by atoms with Crippen molar-refractivity contribution in [3.63, 3.8) is 0 Å². The number of benzene rings is 1. The summed E-state index contributed by atoms with van der Waals surface area (Å²) in [4.78, 5) is 0. The zero-order valence-electron chi connectivity index (χ0n) is 6.89. The summed E-state index contributed by atoms with van der Waals surface area (Å²) in [6.07, 6.45) is 2.74. The van der Waals surface area contributed by atoms with Crippen molar-refractivity contribution in [2.45, 2.75) is 12.8 Å². The summed E-state index contributed by atoms with van der Waals surface area (Å²) in [6, 6.07) is 7.88. The quantitative estimate of drug-likeness (QED) is 0.756. The van der Waals surface area contributed by atoms with Crippen LogP contribution in [0.2, 0.25) is 5.02 Å². The first kappa shape index (κ1) is 7.93. The van der Waals surface area contributed by atoms with Crippen molar-refractivity contribution in [1.29, 1.82) is 0 Å². The largest absolute Gasteiger partial charge is 0.384 e. The fraction of sp³-hybridized carbons (Fsp3) is 0.400. The molecule has 0 radical (unpaired) electrons. The molecule has 1 fully saturated rings. The lowest BCUT2D eigenvalue weighted by Crippen LogP contribution is -2.03. The van der Waals surface area contributed by atoms with Crippen LogP contribution < -0.4 is 5.32 Å². The SMILES string of the molecule is Clc1ccccc1NCC1CC1. The van der Waals surface area contributed by atoms with Crippen molar-refractivity contribution in [2.75, 3.05) is 11.9 Å². The topological polar surface area (TPSA) is 12.0 Å². The minimum absolute atomic E-state index is 0.818. The Bertz CT molecular complexity index is 268. The fourth-order valence-corrected chi connectivity index (χ4v) is 1.38. The number of halogens is 1. The van der Waals surface area contributed by atoms with E-state index in [0.29, 0.717) is 0 Å². The molecular formula is C10H12ClN. The highest BCUT2D eigenvalue weighted by Gasteiger charge is 2.20. The molecule has 0 aromatic heterocycles. The molecule has 0 amide bonds. The molecule has 0 bridgehead atoms. The Hall–Kier alpha value is -0.690. The summed E-state index contributed by atoms with van der Waals surface area (Å²) in [6.45, 7) is 1.07. The van der Waals surface area contributed by atoms with Crippen LogP contribution in [-0.4, -0.2) is 6.54 Å². The Labute approximate surface area is 77.7 Å². The highest BCUT2D eigenvalue weighted by molar-refractivity contribution is 6.33. The molecule has 2 heteroatoms.